The molecule has 6 nitrogen and oxygen atoms in total. The van der Waals surface area contributed by atoms with Crippen molar-refractivity contribution in [2.24, 2.45) is 0 Å². The van der Waals surface area contributed by atoms with E-state index in [4.69, 9.17) is 0 Å². The Kier molecular flexibility index (Phi) is 6.00. The molecule has 10 heteroatoms. The standard InChI is InChI=1S/C25H23F3N4O2S/c1-15-7-9-18(10-8-15)35(33,34)32-14-20(19-11-16(26)12-21(27)23(19)32)24-29-13-22(28)25(31-24)30-17-5-3-2-4-6-17/h7-14,17H,2-6H2,1H3,(H,29,30,31). The molecule has 2 aromatic heterocycles. The Morgan fingerprint density at radius 3 is 2.43 bits per heavy atom. The van der Waals surface area contributed by atoms with Gasteiger partial charge < -0.3 is 5.32 Å². The largest absolute Gasteiger partial charge is 0.365 e. The summed E-state index contributed by atoms with van der Waals surface area (Å²) >= 11 is 0. The van der Waals surface area contributed by atoms with E-state index in [2.05, 4.69) is 15.3 Å². The molecule has 1 fully saturated rings. The predicted molar refractivity (Wildman–Crippen MR) is 127 cm³/mol. The van der Waals surface area contributed by atoms with Crippen molar-refractivity contribution in [3.63, 3.8) is 0 Å². The lowest BCUT2D eigenvalue weighted by Gasteiger charge is -2.23. The molecule has 182 valence electrons. The Balaban J connectivity index is 1.67. The van der Waals surface area contributed by atoms with Crippen LogP contribution in [0, 0.1) is 24.4 Å². The molecule has 1 N–H and O–H groups in total. The van der Waals surface area contributed by atoms with E-state index in [0.29, 0.717) is 6.07 Å². The van der Waals surface area contributed by atoms with Crippen molar-refractivity contribution in [1.82, 2.24) is 13.9 Å². The molecule has 0 spiro atoms. The molecule has 0 bridgehead atoms. The van der Waals surface area contributed by atoms with Crippen LogP contribution < -0.4 is 5.32 Å². The molecular formula is C25H23F3N4O2S. The Hall–Kier alpha value is -3.40. The van der Waals surface area contributed by atoms with Crippen LogP contribution in [0.1, 0.15) is 37.7 Å². The second kappa shape index (κ2) is 8.99. The molecule has 0 aliphatic heterocycles. The highest BCUT2D eigenvalue weighted by atomic mass is 32.2. The van der Waals surface area contributed by atoms with Crippen molar-refractivity contribution < 1.29 is 21.6 Å². The molecule has 0 atom stereocenters. The molecule has 35 heavy (non-hydrogen) atoms. The summed E-state index contributed by atoms with van der Waals surface area (Å²) in [5.74, 6) is -2.67. The van der Waals surface area contributed by atoms with Crippen LogP contribution in [0.3, 0.4) is 0 Å². The van der Waals surface area contributed by atoms with Crippen LogP contribution in [0.15, 0.2) is 53.7 Å². The van der Waals surface area contributed by atoms with E-state index in [0.717, 1.165) is 60.1 Å². The van der Waals surface area contributed by atoms with Gasteiger partial charge in [0.05, 0.1) is 11.1 Å². The number of aryl methyl sites for hydroxylation is 1. The number of benzene rings is 2. The Morgan fingerprint density at radius 1 is 1.00 bits per heavy atom. The molecule has 4 aromatic rings. The minimum Gasteiger partial charge on any atom is -0.365 e. The second-order valence-corrected chi connectivity index (χ2v) is 10.6. The maximum atomic E-state index is 15.0. The third-order valence-electron chi connectivity index (χ3n) is 6.29. The molecular weight excluding hydrogens is 477 g/mol. The van der Waals surface area contributed by atoms with Crippen LogP contribution in [0.5, 0.6) is 0 Å². The summed E-state index contributed by atoms with van der Waals surface area (Å²) in [6.07, 6.45) is 7.06. The van der Waals surface area contributed by atoms with E-state index in [9.17, 15) is 21.6 Å². The van der Waals surface area contributed by atoms with Crippen molar-refractivity contribution >= 4 is 26.7 Å². The van der Waals surface area contributed by atoms with E-state index in [-0.39, 0.29) is 39.0 Å². The number of rotatable bonds is 5. The molecule has 5 rings (SSSR count). The average Bonchev–Trinajstić information content (AvgIpc) is 3.22. The first-order valence-electron chi connectivity index (χ1n) is 11.4. The maximum Gasteiger partial charge on any atom is 0.268 e. The molecule has 1 aliphatic carbocycles. The molecule has 1 saturated carbocycles. The number of nitrogens with one attached hydrogen (secondary N) is 1. The zero-order valence-corrected chi connectivity index (χ0v) is 19.7. The number of aromatic nitrogens is 3. The lowest BCUT2D eigenvalue weighted by Crippen LogP contribution is -2.23. The van der Waals surface area contributed by atoms with Gasteiger partial charge in [-0.2, -0.15) is 0 Å². The highest BCUT2D eigenvalue weighted by Crippen LogP contribution is 2.34. The van der Waals surface area contributed by atoms with Gasteiger partial charge in [0.1, 0.15) is 11.3 Å². The molecule has 0 saturated heterocycles. The summed E-state index contributed by atoms with van der Waals surface area (Å²) in [7, 11) is -4.24. The van der Waals surface area contributed by atoms with Gasteiger partial charge in [-0.15, -0.1) is 0 Å². The Labute approximate surface area is 200 Å². The fourth-order valence-corrected chi connectivity index (χ4v) is 5.85. The molecule has 0 radical (unpaired) electrons. The normalized spacial score (nSPS) is 15.0. The zero-order valence-electron chi connectivity index (χ0n) is 18.9. The highest BCUT2D eigenvalue weighted by molar-refractivity contribution is 7.90. The van der Waals surface area contributed by atoms with Gasteiger partial charge in [-0.3, -0.25) is 0 Å². The quantitative estimate of drug-likeness (QED) is 0.375. The number of halogens is 3. The van der Waals surface area contributed by atoms with Crippen LogP contribution >= 0.6 is 0 Å². The Bertz CT molecular complexity index is 1510. The van der Waals surface area contributed by atoms with Crippen molar-refractivity contribution in [2.75, 3.05) is 5.32 Å². The van der Waals surface area contributed by atoms with Crippen molar-refractivity contribution in [1.29, 1.82) is 0 Å². The summed E-state index contributed by atoms with van der Waals surface area (Å²) in [6, 6.07) is 7.78. The minimum atomic E-state index is -4.24. The van der Waals surface area contributed by atoms with Crippen molar-refractivity contribution in [3.8, 4) is 11.4 Å². The molecule has 2 heterocycles. The lowest BCUT2D eigenvalue weighted by atomic mass is 9.95. The van der Waals surface area contributed by atoms with Gasteiger partial charge >= 0.3 is 0 Å². The van der Waals surface area contributed by atoms with Gasteiger partial charge in [0.15, 0.2) is 23.3 Å². The SMILES string of the molecule is Cc1ccc(S(=O)(=O)n2cc(-c3ncc(F)c(NC4CCCCC4)n3)c3cc(F)cc(F)c32)cc1. The Morgan fingerprint density at radius 2 is 1.71 bits per heavy atom. The van der Waals surface area contributed by atoms with Gasteiger partial charge in [0.2, 0.25) is 0 Å². The van der Waals surface area contributed by atoms with Crippen molar-refractivity contribution in [2.45, 2.75) is 50.0 Å². The van der Waals surface area contributed by atoms with Crippen LogP contribution in [-0.4, -0.2) is 28.4 Å². The fraction of sp³-hybridized carbons (Fsp3) is 0.280. The van der Waals surface area contributed by atoms with Gasteiger partial charge in [-0.25, -0.2) is 35.5 Å². The summed E-state index contributed by atoms with van der Waals surface area (Å²) in [4.78, 5) is 8.23. The van der Waals surface area contributed by atoms with Crippen LogP contribution in [-0.2, 0) is 10.0 Å². The average molecular weight is 501 g/mol. The van der Waals surface area contributed by atoms with Crippen LogP contribution in [0.25, 0.3) is 22.3 Å². The van der Waals surface area contributed by atoms with E-state index in [1.54, 1.807) is 12.1 Å². The summed E-state index contributed by atoms with van der Waals surface area (Å²) in [5.41, 5.74) is 0.588. The number of hydrogen-bond donors (Lipinski definition) is 1. The minimum absolute atomic E-state index is 0.0268. The van der Waals surface area contributed by atoms with E-state index >= 15 is 0 Å². The van der Waals surface area contributed by atoms with Gasteiger partial charge in [0.25, 0.3) is 10.0 Å². The third-order valence-corrected chi connectivity index (χ3v) is 7.97. The van der Waals surface area contributed by atoms with Crippen molar-refractivity contribution in [3.05, 3.63) is 71.8 Å². The lowest BCUT2D eigenvalue weighted by molar-refractivity contribution is 0.459. The van der Waals surface area contributed by atoms with Crippen LogP contribution in [0.2, 0.25) is 0 Å². The zero-order chi connectivity index (χ0) is 24.7. The number of nitrogens with zero attached hydrogens (tertiary/aromatic N) is 3. The monoisotopic (exact) mass is 500 g/mol. The number of hydrogen-bond acceptors (Lipinski definition) is 5. The number of fused-ring (bicyclic) bond motifs is 1. The summed E-state index contributed by atoms with van der Waals surface area (Å²) < 4.78 is 71.3. The first kappa shape index (κ1) is 23.3. The first-order valence-corrected chi connectivity index (χ1v) is 12.8. The molecule has 0 unspecified atom stereocenters. The molecule has 0 amide bonds. The predicted octanol–water partition coefficient (Wildman–Crippen LogP) is 5.81. The van der Waals surface area contributed by atoms with E-state index in [1.807, 2.05) is 6.92 Å². The van der Waals surface area contributed by atoms with Gasteiger partial charge in [-0.1, -0.05) is 37.0 Å². The summed E-state index contributed by atoms with van der Waals surface area (Å²) in [6.45, 7) is 1.81. The fourth-order valence-electron chi connectivity index (χ4n) is 4.48. The first-order chi connectivity index (χ1) is 16.7. The third kappa shape index (κ3) is 4.38. The van der Waals surface area contributed by atoms with Gasteiger partial charge in [-0.05, 0) is 38.0 Å². The summed E-state index contributed by atoms with van der Waals surface area (Å²) in [5, 5.41) is 3.07. The van der Waals surface area contributed by atoms with Gasteiger partial charge in [0, 0.05) is 29.3 Å². The second-order valence-electron chi connectivity index (χ2n) is 8.81. The van der Waals surface area contributed by atoms with E-state index in [1.165, 1.54) is 12.1 Å². The molecule has 1 aliphatic rings. The smallest absolute Gasteiger partial charge is 0.268 e. The van der Waals surface area contributed by atoms with E-state index < -0.39 is 27.5 Å². The maximum absolute atomic E-state index is 15.0. The highest BCUT2D eigenvalue weighted by Gasteiger charge is 2.26. The topological polar surface area (TPSA) is 76.9 Å². The number of anilines is 1. The van der Waals surface area contributed by atoms with Crippen LogP contribution in [0.4, 0.5) is 19.0 Å². The molecule has 2 aromatic carbocycles.